The highest BCUT2D eigenvalue weighted by Gasteiger charge is 2.25. The molecule has 2 amide bonds. The first kappa shape index (κ1) is 27.9. The van der Waals surface area contributed by atoms with Gasteiger partial charge in [0.2, 0.25) is 0 Å². The van der Waals surface area contributed by atoms with Crippen molar-refractivity contribution in [3.8, 4) is 11.5 Å². The SMILES string of the molecule is CCOc1cc(/C=C2/SC(=Nc3cccc(C(=O)O)c3)NC2=O)c(Br)cc1OCC(=O)Nc1ccc(C)cc1. The van der Waals surface area contributed by atoms with Crippen molar-refractivity contribution in [3.05, 3.63) is 86.7 Å². The molecule has 0 bridgehead atoms. The molecule has 0 saturated carbocycles. The number of hydrogen-bond acceptors (Lipinski definition) is 7. The molecule has 3 aromatic carbocycles. The van der Waals surface area contributed by atoms with Gasteiger partial charge in [-0.3, -0.25) is 9.59 Å². The van der Waals surface area contributed by atoms with E-state index < -0.39 is 5.97 Å². The predicted molar refractivity (Wildman–Crippen MR) is 155 cm³/mol. The van der Waals surface area contributed by atoms with Crippen molar-refractivity contribution in [1.29, 1.82) is 0 Å². The van der Waals surface area contributed by atoms with Crippen molar-refractivity contribution < 1.29 is 29.0 Å². The predicted octanol–water partition coefficient (Wildman–Crippen LogP) is 5.76. The average molecular weight is 610 g/mol. The van der Waals surface area contributed by atoms with Crippen LogP contribution in [-0.4, -0.2) is 41.3 Å². The Morgan fingerprint density at radius 2 is 1.85 bits per heavy atom. The maximum absolute atomic E-state index is 12.6. The van der Waals surface area contributed by atoms with Crippen LogP contribution in [0.1, 0.15) is 28.4 Å². The highest BCUT2D eigenvalue weighted by Crippen LogP contribution is 2.37. The van der Waals surface area contributed by atoms with Crippen LogP contribution in [0.2, 0.25) is 0 Å². The summed E-state index contributed by atoms with van der Waals surface area (Å²) < 4.78 is 12.1. The van der Waals surface area contributed by atoms with Crippen LogP contribution in [0.4, 0.5) is 11.4 Å². The van der Waals surface area contributed by atoms with Crippen LogP contribution in [0.25, 0.3) is 6.08 Å². The number of aromatic carboxylic acids is 1. The van der Waals surface area contributed by atoms with Crippen molar-refractivity contribution in [3.63, 3.8) is 0 Å². The number of carboxylic acids is 1. The molecule has 9 nitrogen and oxygen atoms in total. The van der Waals surface area contributed by atoms with E-state index in [0.29, 0.717) is 49.6 Å². The van der Waals surface area contributed by atoms with E-state index in [1.807, 2.05) is 38.1 Å². The van der Waals surface area contributed by atoms with Gasteiger partial charge in [-0.15, -0.1) is 0 Å². The Balaban J connectivity index is 1.49. The van der Waals surface area contributed by atoms with Gasteiger partial charge in [-0.1, -0.05) is 39.7 Å². The van der Waals surface area contributed by atoms with E-state index in [1.54, 1.807) is 30.3 Å². The van der Waals surface area contributed by atoms with Gasteiger partial charge in [0.05, 0.1) is 22.8 Å². The number of aryl methyl sites for hydroxylation is 1. The van der Waals surface area contributed by atoms with Gasteiger partial charge in [0.25, 0.3) is 11.8 Å². The van der Waals surface area contributed by atoms with Crippen LogP contribution in [0.15, 0.2) is 75.0 Å². The number of amides is 2. The van der Waals surface area contributed by atoms with Crippen LogP contribution >= 0.6 is 27.7 Å². The van der Waals surface area contributed by atoms with Crippen LogP contribution in [-0.2, 0) is 9.59 Å². The number of benzene rings is 3. The summed E-state index contributed by atoms with van der Waals surface area (Å²) in [4.78, 5) is 40.9. The summed E-state index contributed by atoms with van der Waals surface area (Å²) in [5.41, 5.74) is 2.93. The van der Waals surface area contributed by atoms with E-state index in [1.165, 1.54) is 12.1 Å². The Morgan fingerprint density at radius 1 is 1.10 bits per heavy atom. The standard InChI is InChI=1S/C28H24BrN3O6S/c1-3-37-22-12-18(21(29)14-23(22)38-15-25(33)30-19-9-7-16(2)8-10-19)13-24-26(34)32-28(39-24)31-20-6-4-5-17(11-20)27(35)36/h4-14H,3,15H2,1-2H3,(H,30,33)(H,35,36)(H,31,32,34)/b24-13+. The second-order valence-corrected chi connectivity index (χ2v) is 10.2. The van der Waals surface area contributed by atoms with Crippen LogP contribution in [0, 0.1) is 6.92 Å². The Labute approximate surface area is 237 Å². The molecule has 3 aromatic rings. The van der Waals surface area contributed by atoms with Crippen LogP contribution < -0.4 is 20.1 Å². The average Bonchev–Trinajstić information content (AvgIpc) is 3.24. The number of amidine groups is 1. The van der Waals surface area contributed by atoms with E-state index in [0.717, 1.165) is 17.3 Å². The van der Waals surface area contributed by atoms with Gasteiger partial charge in [0, 0.05) is 10.2 Å². The largest absolute Gasteiger partial charge is 0.490 e. The van der Waals surface area contributed by atoms with Gasteiger partial charge >= 0.3 is 5.97 Å². The summed E-state index contributed by atoms with van der Waals surface area (Å²) in [5.74, 6) is -0.933. The zero-order chi connectivity index (χ0) is 27.9. The molecule has 1 heterocycles. The Morgan fingerprint density at radius 3 is 2.56 bits per heavy atom. The van der Waals surface area contributed by atoms with Crippen molar-refractivity contribution in [1.82, 2.24) is 5.32 Å². The number of anilines is 1. The number of hydrogen-bond donors (Lipinski definition) is 3. The summed E-state index contributed by atoms with van der Waals surface area (Å²) in [6, 6.07) is 17.0. The molecular weight excluding hydrogens is 586 g/mol. The lowest BCUT2D eigenvalue weighted by molar-refractivity contribution is -0.118. The minimum absolute atomic E-state index is 0.101. The Bertz CT molecular complexity index is 1490. The molecule has 0 unspecified atom stereocenters. The molecule has 200 valence electrons. The monoisotopic (exact) mass is 609 g/mol. The molecule has 1 aliphatic rings. The topological polar surface area (TPSA) is 126 Å². The van der Waals surface area contributed by atoms with Crippen LogP contribution in [0.3, 0.4) is 0 Å². The number of carbonyl (C=O) groups is 3. The lowest BCUT2D eigenvalue weighted by Gasteiger charge is -2.14. The van der Waals surface area contributed by atoms with Gasteiger partial charge < -0.3 is 25.2 Å². The molecule has 11 heteroatoms. The number of aliphatic imine (C=N–C) groups is 1. The highest BCUT2D eigenvalue weighted by molar-refractivity contribution is 9.10. The molecular formula is C28H24BrN3O6S. The number of ether oxygens (including phenoxy) is 2. The highest BCUT2D eigenvalue weighted by atomic mass is 79.9. The lowest BCUT2D eigenvalue weighted by Crippen LogP contribution is -2.20. The molecule has 0 aromatic heterocycles. The molecule has 0 radical (unpaired) electrons. The van der Waals surface area contributed by atoms with E-state index in [-0.39, 0.29) is 24.0 Å². The lowest BCUT2D eigenvalue weighted by atomic mass is 10.2. The first-order valence-corrected chi connectivity index (χ1v) is 13.4. The molecule has 0 atom stereocenters. The summed E-state index contributed by atoms with van der Waals surface area (Å²) in [7, 11) is 0. The number of thioether (sulfide) groups is 1. The van der Waals surface area contributed by atoms with Crippen molar-refractivity contribution in [2.45, 2.75) is 13.8 Å². The Kier molecular flexibility index (Phi) is 9.05. The summed E-state index contributed by atoms with van der Waals surface area (Å²) >= 11 is 4.64. The Hall–Kier alpha value is -4.09. The van der Waals surface area contributed by atoms with Crippen molar-refractivity contribution >= 4 is 68.1 Å². The van der Waals surface area contributed by atoms with Crippen molar-refractivity contribution in [2.24, 2.45) is 4.99 Å². The van der Waals surface area contributed by atoms with Gasteiger partial charge in [-0.2, -0.15) is 0 Å². The molecule has 1 saturated heterocycles. The first-order chi connectivity index (χ1) is 18.7. The van der Waals surface area contributed by atoms with E-state index in [4.69, 9.17) is 9.47 Å². The molecule has 0 spiro atoms. The number of carboxylic acid groups (broad SMARTS) is 1. The van der Waals surface area contributed by atoms with Gasteiger partial charge in [-0.25, -0.2) is 9.79 Å². The fourth-order valence-electron chi connectivity index (χ4n) is 3.47. The summed E-state index contributed by atoms with van der Waals surface area (Å²) in [5, 5.41) is 15.0. The molecule has 1 aliphatic heterocycles. The maximum Gasteiger partial charge on any atom is 0.335 e. The summed E-state index contributed by atoms with van der Waals surface area (Å²) in [6.45, 7) is 3.94. The number of nitrogens with zero attached hydrogens (tertiary/aromatic N) is 1. The van der Waals surface area contributed by atoms with E-state index in [2.05, 4.69) is 31.6 Å². The quantitative estimate of drug-likeness (QED) is 0.263. The van der Waals surface area contributed by atoms with Gasteiger partial charge in [0.1, 0.15) is 0 Å². The van der Waals surface area contributed by atoms with Gasteiger partial charge in [0.15, 0.2) is 23.3 Å². The van der Waals surface area contributed by atoms with Crippen LogP contribution in [0.5, 0.6) is 11.5 Å². The van der Waals surface area contributed by atoms with Gasteiger partial charge in [-0.05, 0) is 79.7 Å². The van der Waals surface area contributed by atoms with E-state index in [9.17, 15) is 19.5 Å². The second kappa shape index (κ2) is 12.6. The third-order valence-electron chi connectivity index (χ3n) is 5.32. The smallest absolute Gasteiger partial charge is 0.335 e. The fourth-order valence-corrected chi connectivity index (χ4v) is 4.74. The molecule has 4 rings (SSSR count). The molecule has 0 aliphatic carbocycles. The number of carbonyl (C=O) groups excluding carboxylic acids is 2. The molecule has 39 heavy (non-hydrogen) atoms. The number of nitrogens with one attached hydrogen (secondary N) is 2. The van der Waals surface area contributed by atoms with E-state index >= 15 is 0 Å². The fraction of sp³-hybridized carbons (Fsp3) is 0.143. The van der Waals surface area contributed by atoms with Crippen molar-refractivity contribution in [2.75, 3.05) is 18.5 Å². The number of halogens is 1. The zero-order valence-corrected chi connectivity index (χ0v) is 23.4. The minimum Gasteiger partial charge on any atom is -0.490 e. The third-order valence-corrected chi connectivity index (χ3v) is 6.91. The summed E-state index contributed by atoms with van der Waals surface area (Å²) in [6.07, 6.45) is 1.68. The maximum atomic E-state index is 12.6. The minimum atomic E-state index is -1.06. The molecule has 1 fully saturated rings. The first-order valence-electron chi connectivity index (χ1n) is 11.8. The third kappa shape index (κ3) is 7.49. The number of rotatable bonds is 9. The second-order valence-electron chi connectivity index (χ2n) is 8.29. The zero-order valence-electron chi connectivity index (χ0n) is 21.0. The molecule has 3 N–H and O–H groups in total. The normalized spacial score (nSPS) is 14.8.